The van der Waals surface area contributed by atoms with Gasteiger partial charge in [-0.1, -0.05) is 35.9 Å². The van der Waals surface area contributed by atoms with Gasteiger partial charge in [0.25, 0.3) is 0 Å². The van der Waals surface area contributed by atoms with E-state index in [-0.39, 0.29) is 0 Å². The summed E-state index contributed by atoms with van der Waals surface area (Å²) in [6, 6.07) is 8.44. The Morgan fingerprint density at radius 3 is 1.69 bits per heavy atom. The second-order valence-corrected chi connectivity index (χ2v) is 15.9. The van der Waals surface area contributed by atoms with Crippen LogP contribution in [0.2, 0.25) is 0 Å². The zero-order chi connectivity index (χ0) is 37.2. The highest BCUT2D eigenvalue weighted by Gasteiger charge is 2.54. The van der Waals surface area contributed by atoms with Crippen LogP contribution in [0.3, 0.4) is 0 Å². The number of rotatable bonds is 4. The second kappa shape index (κ2) is 13.1. The fraction of sp³-hybridized carbons (Fsp3) is 0.227. The molecule has 0 spiro atoms. The van der Waals surface area contributed by atoms with E-state index in [2.05, 4.69) is 148 Å². The maximum Gasteiger partial charge on any atom is 0.181 e. The first-order valence-electron chi connectivity index (χ1n) is 18.3. The van der Waals surface area contributed by atoms with Gasteiger partial charge in [-0.3, -0.25) is 4.99 Å². The van der Waals surface area contributed by atoms with Crippen molar-refractivity contribution in [1.82, 2.24) is 29.6 Å². The Kier molecular flexibility index (Phi) is 8.36. The monoisotopic (exact) mass is 752 g/mol. The predicted octanol–water partition coefficient (Wildman–Crippen LogP) is 6.00. The van der Waals surface area contributed by atoms with E-state index in [1.165, 1.54) is 0 Å². The van der Waals surface area contributed by atoms with Gasteiger partial charge in [0.15, 0.2) is 9.87 Å². The molecule has 0 saturated carbocycles. The molecule has 2 N–H and O–H groups in total. The number of aromatic nitrogens is 2. The Morgan fingerprint density at radius 1 is 0.574 bits per heavy atom. The first kappa shape index (κ1) is 34.3. The van der Waals surface area contributed by atoms with Gasteiger partial charge in [-0.15, -0.1) is 11.6 Å². The van der Waals surface area contributed by atoms with Crippen molar-refractivity contribution in [2.75, 3.05) is 54.4 Å². The number of fused-ring (bicyclic) bond motifs is 6. The van der Waals surface area contributed by atoms with Gasteiger partial charge in [0.1, 0.15) is 0 Å². The Bertz CT molecular complexity index is 2500. The van der Waals surface area contributed by atoms with Crippen LogP contribution in [-0.2, 0) is 4.87 Å². The normalized spacial score (nSPS) is 26.1. The van der Waals surface area contributed by atoms with Gasteiger partial charge in [-0.05, 0) is 120 Å². The van der Waals surface area contributed by atoms with Crippen molar-refractivity contribution < 1.29 is 0 Å². The lowest BCUT2D eigenvalue weighted by Gasteiger charge is -2.39. The molecule has 2 atom stereocenters. The number of aromatic amines is 2. The third-order valence-electron chi connectivity index (χ3n) is 10.9. The van der Waals surface area contributed by atoms with E-state index in [1.54, 1.807) is 0 Å². The van der Waals surface area contributed by atoms with E-state index in [4.69, 9.17) is 33.2 Å². The smallest absolute Gasteiger partial charge is 0.181 e. The van der Waals surface area contributed by atoms with Crippen molar-refractivity contribution in [3.05, 3.63) is 172 Å². The third kappa shape index (κ3) is 5.76. The van der Waals surface area contributed by atoms with Crippen LogP contribution < -0.4 is 10.7 Å². The molecule has 10 heteroatoms. The Labute approximate surface area is 325 Å². The van der Waals surface area contributed by atoms with Gasteiger partial charge < -0.3 is 29.6 Å². The van der Waals surface area contributed by atoms with Gasteiger partial charge in [-0.2, -0.15) is 0 Å². The van der Waals surface area contributed by atoms with Gasteiger partial charge in [0, 0.05) is 93.2 Å². The third-order valence-corrected chi connectivity index (χ3v) is 12.2. The fourth-order valence-electron chi connectivity index (χ4n) is 7.84. The number of H-pyrrole nitrogens is 2. The summed E-state index contributed by atoms with van der Waals surface area (Å²) in [5.74, 6) is 0. The van der Waals surface area contributed by atoms with Crippen LogP contribution in [0.1, 0.15) is 11.4 Å². The first-order chi connectivity index (χ1) is 26.1. The number of nitrogens with one attached hydrogen (secondary N) is 2. The number of likely N-dealkylation sites (N-methyl/N-ethyl adjacent to an activating group) is 4. The lowest BCUT2D eigenvalue weighted by molar-refractivity contribution is 0.487. The number of hydrogen-bond acceptors (Lipinski definition) is 6. The number of hydrogen-bond donors (Lipinski definition) is 2. The number of allylic oxidation sites excluding steroid dienone is 11. The van der Waals surface area contributed by atoms with E-state index in [0.29, 0.717) is 6.54 Å². The molecular weight excluding hydrogens is 711 g/mol. The summed E-state index contributed by atoms with van der Waals surface area (Å²) < 4.78 is 0. The summed E-state index contributed by atoms with van der Waals surface area (Å²) in [6.45, 7) is 3.04. The summed E-state index contributed by atoms with van der Waals surface area (Å²) in [5, 5.41) is 1.89. The quantitative estimate of drug-likeness (QED) is 0.297. The highest BCUT2D eigenvalue weighted by molar-refractivity contribution is 6.41. The number of halogens is 2. The van der Waals surface area contributed by atoms with Gasteiger partial charge >= 0.3 is 0 Å². The van der Waals surface area contributed by atoms with Gasteiger partial charge in [0.05, 0.1) is 17.1 Å². The van der Waals surface area contributed by atoms with Crippen molar-refractivity contribution in [3.63, 3.8) is 0 Å². The average molecular weight is 754 g/mol. The Morgan fingerprint density at radius 2 is 1.13 bits per heavy atom. The molecule has 0 unspecified atom stereocenters. The maximum atomic E-state index is 8.04. The highest BCUT2D eigenvalue weighted by atomic mass is 35.5. The van der Waals surface area contributed by atoms with Crippen LogP contribution in [0.25, 0.3) is 16.7 Å². The Balaban J connectivity index is 1.37. The number of aliphatic imine (C=N–C) groups is 2. The van der Waals surface area contributed by atoms with Crippen LogP contribution in [0.15, 0.2) is 160 Å². The molecule has 8 nitrogen and oxygen atoms in total. The van der Waals surface area contributed by atoms with Gasteiger partial charge in [-0.25, -0.2) is 4.99 Å². The molecule has 0 fully saturated rings. The minimum atomic E-state index is -1.37. The molecule has 0 amide bonds. The zero-order valence-electron chi connectivity index (χ0n) is 30.8. The summed E-state index contributed by atoms with van der Waals surface area (Å²) >= 11 is 15.9. The lowest BCUT2D eigenvalue weighted by atomic mass is 9.85. The molecule has 272 valence electrons. The SMILES string of the molecule is CN1C=CC(C2=C3C=CC(=N3)C(C3=CCN(C)C=C3)=c3ccc([nH]3)=C(C3=CCN(C)C=C3)C3=N[C@](Cl)(C=C3)[C@@](Cl)(C3=CCN(C)C=C3)c3ccc2[nH]3)=CC1. The van der Waals surface area contributed by atoms with Crippen molar-refractivity contribution in [2.45, 2.75) is 9.87 Å². The average Bonchev–Trinajstić information content (AvgIpc) is 4.01. The minimum absolute atomic E-state index is 0.693. The molecule has 8 bridgehead atoms. The number of alkyl halides is 2. The molecule has 0 radical (unpaired) electrons. The summed E-state index contributed by atoms with van der Waals surface area (Å²) in [5.41, 5.74) is 11.2. The fourth-order valence-corrected chi connectivity index (χ4v) is 8.56. The molecule has 9 heterocycles. The zero-order valence-corrected chi connectivity index (χ0v) is 32.3. The molecule has 9 rings (SSSR count). The summed E-state index contributed by atoms with van der Waals surface area (Å²) in [7, 11) is 8.27. The molecule has 0 aliphatic carbocycles. The topological polar surface area (TPSA) is 69.3 Å². The van der Waals surface area contributed by atoms with E-state index < -0.39 is 9.87 Å². The van der Waals surface area contributed by atoms with Crippen LogP contribution in [0.5, 0.6) is 0 Å². The maximum absolute atomic E-state index is 8.04. The molecule has 0 aromatic carbocycles. The predicted molar refractivity (Wildman–Crippen MR) is 223 cm³/mol. The van der Waals surface area contributed by atoms with E-state index in [9.17, 15) is 0 Å². The van der Waals surface area contributed by atoms with Crippen molar-refractivity contribution in [3.8, 4) is 0 Å². The second-order valence-electron chi connectivity index (χ2n) is 14.7. The molecular formula is C44H42Cl2N8. The molecule has 7 aliphatic heterocycles. The lowest BCUT2D eigenvalue weighted by Crippen LogP contribution is -2.42. The highest BCUT2D eigenvalue weighted by Crippen LogP contribution is 2.54. The molecule has 2 aromatic rings. The number of nitrogens with zero attached hydrogens (tertiary/aromatic N) is 6. The van der Waals surface area contributed by atoms with Crippen molar-refractivity contribution in [1.29, 1.82) is 0 Å². The standard InChI is InChI=1S/C44H42Cl2N8/c1-51-21-12-29(13-22-51)40-33-5-6-35(47-33)41(30-14-23-52(2)24-15-30)37-9-10-39(49-37)44(46,32-18-27-54(4)28-19-32)43(45)20-11-38(50-43)42(36-8-7-34(40)48-36)31-16-25-53(3)26-17-31/h5-21,23,25,27,48-49H,22,24,26,28H2,1-4H3/t43-,44-/m1/s1. The van der Waals surface area contributed by atoms with Crippen LogP contribution in [0.4, 0.5) is 0 Å². The van der Waals surface area contributed by atoms with Crippen LogP contribution in [0, 0.1) is 0 Å². The summed E-state index contributed by atoms with van der Waals surface area (Å²) in [4.78, 5) is 24.3. The van der Waals surface area contributed by atoms with Crippen molar-refractivity contribution in [2.24, 2.45) is 9.98 Å². The molecule has 54 heavy (non-hydrogen) atoms. The first-order valence-corrected chi connectivity index (χ1v) is 19.0. The van der Waals surface area contributed by atoms with E-state index >= 15 is 0 Å². The molecule has 7 aliphatic rings. The minimum Gasteiger partial charge on any atom is -0.377 e. The van der Waals surface area contributed by atoms with Crippen LogP contribution in [-0.4, -0.2) is 100 Å². The van der Waals surface area contributed by atoms with E-state index in [0.717, 1.165) is 97.9 Å². The largest absolute Gasteiger partial charge is 0.377 e. The molecule has 0 saturated heterocycles. The van der Waals surface area contributed by atoms with Crippen LogP contribution >= 0.6 is 23.2 Å². The van der Waals surface area contributed by atoms with Gasteiger partial charge in [0.2, 0.25) is 0 Å². The Hall–Kier alpha value is -5.44. The summed E-state index contributed by atoms with van der Waals surface area (Å²) in [6.07, 6.45) is 34.0. The van der Waals surface area contributed by atoms with E-state index in [1.807, 2.05) is 31.5 Å². The van der Waals surface area contributed by atoms with Crippen molar-refractivity contribution >= 4 is 51.3 Å². The molecule has 2 aromatic heterocycles.